The van der Waals surface area contributed by atoms with Crippen LogP contribution in [0.3, 0.4) is 0 Å². The van der Waals surface area contributed by atoms with Gasteiger partial charge in [-0.3, -0.25) is 4.79 Å². The summed E-state index contributed by atoms with van der Waals surface area (Å²) in [6.45, 7) is 3.99. The minimum atomic E-state index is -0.584. The van der Waals surface area contributed by atoms with Crippen LogP contribution in [0.2, 0.25) is 5.02 Å². The molecule has 0 bridgehead atoms. The van der Waals surface area contributed by atoms with Crippen LogP contribution in [0, 0.1) is 0 Å². The van der Waals surface area contributed by atoms with E-state index in [0.717, 1.165) is 10.0 Å². The monoisotopic (exact) mass is 568 g/mol. The van der Waals surface area contributed by atoms with Crippen molar-refractivity contribution in [1.82, 2.24) is 0 Å². The van der Waals surface area contributed by atoms with Crippen molar-refractivity contribution in [3.8, 4) is 11.5 Å². The van der Waals surface area contributed by atoms with Crippen LogP contribution in [0.5, 0.6) is 11.5 Å². The Labute approximate surface area is 221 Å². The molecule has 0 fully saturated rings. The number of halogens is 2. The molecule has 1 aliphatic rings. The molecule has 184 valence electrons. The molecule has 0 aliphatic carbocycles. The zero-order valence-corrected chi connectivity index (χ0v) is 21.9. The number of carbonyl (C=O) groups is 2. The van der Waals surface area contributed by atoms with Crippen LogP contribution in [0.15, 0.2) is 75.8 Å². The van der Waals surface area contributed by atoms with E-state index in [2.05, 4.69) is 26.2 Å². The van der Waals surface area contributed by atoms with E-state index in [0.29, 0.717) is 46.5 Å². The molecule has 0 saturated heterocycles. The summed E-state index contributed by atoms with van der Waals surface area (Å²) in [5, 5.41) is 3.02. The first kappa shape index (κ1) is 25.5. The highest BCUT2D eigenvalue weighted by atomic mass is 79.9. The van der Waals surface area contributed by atoms with E-state index in [1.807, 2.05) is 31.2 Å². The van der Waals surface area contributed by atoms with E-state index in [-0.39, 0.29) is 17.5 Å². The molecule has 3 aromatic carbocycles. The summed E-state index contributed by atoms with van der Waals surface area (Å²) in [5.41, 5.74) is 2.92. The Hall–Kier alpha value is -3.62. The Kier molecular flexibility index (Phi) is 8.07. The van der Waals surface area contributed by atoms with Crippen LogP contribution in [-0.4, -0.2) is 24.4 Å². The first-order chi connectivity index (χ1) is 17.3. The van der Waals surface area contributed by atoms with E-state index < -0.39 is 5.97 Å². The van der Waals surface area contributed by atoms with Gasteiger partial charge in [-0.25, -0.2) is 9.79 Å². The molecular formula is C27H22BrClN2O5. The Morgan fingerprint density at radius 1 is 1.14 bits per heavy atom. The normalized spacial score (nSPS) is 13.8. The molecule has 1 N–H and O–H groups in total. The Morgan fingerprint density at radius 3 is 2.58 bits per heavy atom. The van der Waals surface area contributed by atoms with Gasteiger partial charge < -0.3 is 19.5 Å². The lowest BCUT2D eigenvalue weighted by atomic mass is 10.1. The van der Waals surface area contributed by atoms with E-state index in [1.165, 1.54) is 6.92 Å². The molecule has 3 aromatic rings. The molecule has 0 unspecified atom stereocenters. The van der Waals surface area contributed by atoms with Crippen LogP contribution in [-0.2, 0) is 20.9 Å². The predicted octanol–water partition coefficient (Wildman–Crippen LogP) is 6.38. The topological polar surface area (TPSA) is 86.2 Å². The highest BCUT2D eigenvalue weighted by molar-refractivity contribution is 9.10. The fourth-order valence-corrected chi connectivity index (χ4v) is 4.10. The molecule has 0 spiro atoms. The van der Waals surface area contributed by atoms with Crippen LogP contribution in [0.25, 0.3) is 6.08 Å². The van der Waals surface area contributed by atoms with Gasteiger partial charge in [-0.1, -0.05) is 45.7 Å². The number of carbonyl (C=O) groups excluding carboxylic acids is 2. The zero-order chi connectivity index (χ0) is 25.7. The molecule has 0 aromatic heterocycles. The number of aliphatic imine (C=N–C) groups is 1. The molecule has 1 amide bonds. The zero-order valence-electron chi connectivity index (χ0n) is 19.5. The number of hydrogen-bond donors (Lipinski definition) is 1. The summed E-state index contributed by atoms with van der Waals surface area (Å²) in [6, 6.07) is 18.0. The molecule has 0 radical (unpaired) electrons. The third kappa shape index (κ3) is 6.13. The number of esters is 1. The summed E-state index contributed by atoms with van der Waals surface area (Å²) in [4.78, 5) is 28.0. The van der Waals surface area contributed by atoms with Gasteiger partial charge in [0.1, 0.15) is 6.61 Å². The average Bonchev–Trinajstić information content (AvgIpc) is 3.20. The molecular weight excluding hydrogens is 548 g/mol. The van der Waals surface area contributed by atoms with Gasteiger partial charge in [-0.15, -0.1) is 0 Å². The van der Waals surface area contributed by atoms with Gasteiger partial charge in [-0.2, -0.15) is 0 Å². The first-order valence-electron chi connectivity index (χ1n) is 11.1. The lowest BCUT2D eigenvalue weighted by Gasteiger charge is -2.15. The number of nitrogens with one attached hydrogen (secondary N) is 1. The van der Waals surface area contributed by atoms with Gasteiger partial charge >= 0.3 is 5.97 Å². The minimum absolute atomic E-state index is 0.122. The lowest BCUT2D eigenvalue weighted by Crippen LogP contribution is -2.07. The third-order valence-electron chi connectivity index (χ3n) is 5.04. The van der Waals surface area contributed by atoms with Crippen LogP contribution < -0.4 is 14.8 Å². The maximum absolute atomic E-state index is 12.5. The smallest absolute Gasteiger partial charge is 0.363 e. The van der Waals surface area contributed by atoms with Gasteiger partial charge in [0.2, 0.25) is 11.8 Å². The average molecular weight is 570 g/mol. The molecule has 4 rings (SSSR count). The van der Waals surface area contributed by atoms with Crippen molar-refractivity contribution in [2.75, 3.05) is 11.9 Å². The number of anilines is 1. The van der Waals surface area contributed by atoms with Crippen LogP contribution >= 0.6 is 27.5 Å². The number of hydrogen-bond acceptors (Lipinski definition) is 6. The van der Waals surface area contributed by atoms with Crippen molar-refractivity contribution in [3.05, 3.63) is 92.5 Å². The molecule has 0 saturated carbocycles. The lowest BCUT2D eigenvalue weighted by molar-refractivity contribution is -0.129. The molecule has 1 heterocycles. The molecule has 0 atom stereocenters. The van der Waals surface area contributed by atoms with Crippen molar-refractivity contribution in [3.63, 3.8) is 0 Å². The van der Waals surface area contributed by atoms with Crippen molar-refractivity contribution < 1.29 is 23.8 Å². The number of amides is 1. The highest BCUT2D eigenvalue weighted by Gasteiger charge is 2.24. The van der Waals surface area contributed by atoms with Crippen LogP contribution in [0.4, 0.5) is 5.69 Å². The summed E-state index contributed by atoms with van der Waals surface area (Å²) in [5.74, 6) is 0.276. The fraction of sp³-hybridized carbons (Fsp3) is 0.148. The van der Waals surface area contributed by atoms with Crippen molar-refractivity contribution in [2.45, 2.75) is 20.5 Å². The number of nitrogens with zero attached hydrogens (tertiary/aromatic N) is 1. The van der Waals surface area contributed by atoms with Gasteiger partial charge in [0.05, 0.1) is 11.6 Å². The summed E-state index contributed by atoms with van der Waals surface area (Å²) >= 11 is 10.1. The van der Waals surface area contributed by atoms with Gasteiger partial charge in [0.15, 0.2) is 17.2 Å². The molecule has 1 aliphatic heterocycles. The van der Waals surface area contributed by atoms with Gasteiger partial charge in [-0.05, 0) is 61.0 Å². The van der Waals surface area contributed by atoms with Crippen molar-refractivity contribution in [2.24, 2.45) is 4.99 Å². The van der Waals surface area contributed by atoms with E-state index in [1.54, 1.807) is 42.5 Å². The summed E-state index contributed by atoms with van der Waals surface area (Å²) in [7, 11) is 0. The van der Waals surface area contributed by atoms with E-state index >= 15 is 0 Å². The number of rotatable bonds is 8. The SMILES string of the molecule is CCOc1cc(/C=C2\N=C(c3ccc(NC(C)=O)cc3)OC2=O)cc(Cl)c1OCc1ccccc1Br. The quantitative estimate of drug-likeness (QED) is 0.251. The van der Waals surface area contributed by atoms with Gasteiger partial charge in [0, 0.05) is 28.2 Å². The minimum Gasteiger partial charge on any atom is -0.490 e. The van der Waals surface area contributed by atoms with Crippen molar-refractivity contribution >= 4 is 57.1 Å². The van der Waals surface area contributed by atoms with E-state index in [9.17, 15) is 9.59 Å². The Morgan fingerprint density at radius 2 is 1.89 bits per heavy atom. The number of ether oxygens (including phenoxy) is 3. The third-order valence-corrected chi connectivity index (χ3v) is 6.09. The van der Waals surface area contributed by atoms with Crippen molar-refractivity contribution in [1.29, 1.82) is 0 Å². The number of cyclic esters (lactones) is 1. The maximum atomic E-state index is 12.5. The standard InChI is InChI=1S/C27H22BrClN2O5/c1-3-34-24-14-17(12-22(29)25(24)35-15-19-6-4-5-7-21(19)28)13-23-27(33)36-26(31-23)18-8-10-20(11-9-18)30-16(2)32/h4-14H,3,15H2,1-2H3,(H,30,32)/b23-13-. The van der Waals surface area contributed by atoms with Crippen LogP contribution in [0.1, 0.15) is 30.5 Å². The van der Waals surface area contributed by atoms with E-state index in [4.69, 9.17) is 25.8 Å². The maximum Gasteiger partial charge on any atom is 0.363 e. The second kappa shape index (κ2) is 11.4. The predicted molar refractivity (Wildman–Crippen MR) is 142 cm³/mol. The first-order valence-corrected chi connectivity index (χ1v) is 12.2. The molecule has 9 heteroatoms. The highest BCUT2D eigenvalue weighted by Crippen LogP contribution is 2.38. The largest absolute Gasteiger partial charge is 0.490 e. The summed E-state index contributed by atoms with van der Waals surface area (Å²) < 4.78 is 18.0. The summed E-state index contributed by atoms with van der Waals surface area (Å²) in [6.07, 6.45) is 1.58. The fourth-order valence-electron chi connectivity index (χ4n) is 3.43. The number of benzene rings is 3. The molecule has 7 nitrogen and oxygen atoms in total. The Balaban J connectivity index is 1.58. The second-order valence-electron chi connectivity index (χ2n) is 7.74. The molecule has 36 heavy (non-hydrogen) atoms. The van der Waals surface area contributed by atoms with Gasteiger partial charge in [0.25, 0.3) is 0 Å². The Bertz CT molecular complexity index is 1370. The second-order valence-corrected chi connectivity index (χ2v) is 9.00.